The predicted molar refractivity (Wildman–Crippen MR) is 85.8 cm³/mol. The van der Waals surface area contributed by atoms with E-state index >= 15 is 0 Å². The van der Waals surface area contributed by atoms with E-state index in [4.69, 9.17) is 0 Å². The first-order chi connectivity index (χ1) is 8.95. The summed E-state index contributed by atoms with van der Waals surface area (Å²) in [5.74, 6) is 1.88. The van der Waals surface area contributed by atoms with E-state index in [0.29, 0.717) is 5.41 Å². The van der Waals surface area contributed by atoms with Crippen LogP contribution in [0.2, 0.25) is 0 Å². The maximum atomic E-state index is 3.66. The fourth-order valence-corrected chi connectivity index (χ4v) is 3.84. The van der Waals surface area contributed by atoms with Gasteiger partial charge in [0.25, 0.3) is 0 Å². The van der Waals surface area contributed by atoms with Crippen LogP contribution in [0.15, 0.2) is 12.1 Å². The summed E-state index contributed by atoms with van der Waals surface area (Å²) in [4.78, 5) is 2.98. The fraction of sp³-hybridized carbons (Fsp3) is 0.765. The van der Waals surface area contributed by atoms with Crippen LogP contribution < -0.4 is 5.32 Å². The number of hydrogen-bond acceptors (Lipinski definition) is 2. The van der Waals surface area contributed by atoms with Crippen molar-refractivity contribution in [3.8, 4) is 0 Å². The van der Waals surface area contributed by atoms with Gasteiger partial charge in [0, 0.05) is 16.3 Å². The highest BCUT2D eigenvalue weighted by atomic mass is 32.1. The first kappa shape index (κ1) is 15.1. The topological polar surface area (TPSA) is 12.0 Å². The molecule has 108 valence electrons. The minimum Gasteiger partial charge on any atom is -0.312 e. The largest absolute Gasteiger partial charge is 0.312 e. The Balaban J connectivity index is 1.72. The SMILES string of the molecule is CC1CCC(CNCc2ccc(C(C)(C)C)s2)CC1. The fourth-order valence-electron chi connectivity index (χ4n) is 2.81. The monoisotopic (exact) mass is 279 g/mol. The summed E-state index contributed by atoms with van der Waals surface area (Å²) in [7, 11) is 0. The van der Waals surface area contributed by atoms with Gasteiger partial charge in [-0.1, -0.05) is 40.5 Å². The molecule has 0 aliphatic heterocycles. The molecule has 0 bridgehead atoms. The molecule has 0 unspecified atom stereocenters. The van der Waals surface area contributed by atoms with E-state index in [9.17, 15) is 0 Å². The van der Waals surface area contributed by atoms with Crippen molar-refractivity contribution in [3.05, 3.63) is 21.9 Å². The zero-order chi connectivity index (χ0) is 13.9. The molecule has 0 spiro atoms. The molecule has 0 radical (unpaired) electrons. The molecular formula is C17H29NS. The Hall–Kier alpha value is -0.340. The first-order valence-corrected chi connectivity index (χ1v) is 8.56. The Bertz CT molecular complexity index is 380. The molecular weight excluding hydrogens is 250 g/mol. The molecule has 1 saturated carbocycles. The van der Waals surface area contributed by atoms with Crippen LogP contribution in [-0.2, 0) is 12.0 Å². The van der Waals surface area contributed by atoms with Gasteiger partial charge in [0.2, 0.25) is 0 Å². The molecule has 0 atom stereocenters. The van der Waals surface area contributed by atoms with Gasteiger partial charge in [-0.15, -0.1) is 11.3 Å². The molecule has 1 aromatic rings. The first-order valence-electron chi connectivity index (χ1n) is 7.75. The van der Waals surface area contributed by atoms with Crippen molar-refractivity contribution < 1.29 is 0 Å². The Morgan fingerprint density at radius 2 is 1.84 bits per heavy atom. The van der Waals surface area contributed by atoms with E-state index in [1.165, 1.54) is 42.0 Å². The molecule has 1 N–H and O–H groups in total. The van der Waals surface area contributed by atoms with Crippen molar-refractivity contribution >= 4 is 11.3 Å². The van der Waals surface area contributed by atoms with Crippen LogP contribution in [0.1, 0.15) is 63.1 Å². The third-order valence-electron chi connectivity index (χ3n) is 4.27. The van der Waals surface area contributed by atoms with Crippen molar-refractivity contribution in [2.45, 2.75) is 65.3 Å². The number of rotatable bonds is 4. The van der Waals surface area contributed by atoms with Gasteiger partial charge in [0.05, 0.1) is 0 Å². The lowest BCUT2D eigenvalue weighted by atomic mass is 9.83. The van der Waals surface area contributed by atoms with Crippen LogP contribution in [0.4, 0.5) is 0 Å². The van der Waals surface area contributed by atoms with Gasteiger partial charge in [0.15, 0.2) is 0 Å². The molecule has 1 aliphatic carbocycles. The Morgan fingerprint density at radius 3 is 2.42 bits per heavy atom. The second-order valence-corrected chi connectivity index (χ2v) is 8.44. The summed E-state index contributed by atoms with van der Waals surface area (Å²) in [6.45, 7) is 11.5. The van der Waals surface area contributed by atoms with Crippen molar-refractivity contribution in [2.75, 3.05) is 6.54 Å². The van der Waals surface area contributed by atoms with E-state index in [1.54, 1.807) is 0 Å². The van der Waals surface area contributed by atoms with E-state index < -0.39 is 0 Å². The van der Waals surface area contributed by atoms with Crippen molar-refractivity contribution in [1.82, 2.24) is 5.32 Å². The Morgan fingerprint density at radius 1 is 1.16 bits per heavy atom. The van der Waals surface area contributed by atoms with E-state index in [1.807, 2.05) is 11.3 Å². The average Bonchev–Trinajstić information content (AvgIpc) is 2.80. The molecule has 1 nitrogen and oxygen atoms in total. The van der Waals surface area contributed by atoms with Crippen LogP contribution >= 0.6 is 11.3 Å². The maximum absolute atomic E-state index is 3.66. The quantitative estimate of drug-likeness (QED) is 0.821. The van der Waals surface area contributed by atoms with Crippen molar-refractivity contribution in [3.63, 3.8) is 0 Å². The smallest absolute Gasteiger partial charge is 0.0299 e. The molecule has 2 heteroatoms. The Kier molecular flexibility index (Phi) is 5.08. The van der Waals surface area contributed by atoms with Gasteiger partial charge in [-0.05, 0) is 48.8 Å². The maximum Gasteiger partial charge on any atom is 0.0299 e. The molecule has 1 aliphatic rings. The van der Waals surface area contributed by atoms with Crippen LogP contribution in [0.25, 0.3) is 0 Å². The summed E-state index contributed by atoms with van der Waals surface area (Å²) in [5.41, 5.74) is 0.294. The lowest BCUT2D eigenvalue weighted by molar-refractivity contribution is 0.281. The Labute approximate surface area is 122 Å². The van der Waals surface area contributed by atoms with Gasteiger partial charge < -0.3 is 5.32 Å². The predicted octanol–water partition coefficient (Wildman–Crippen LogP) is 4.96. The van der Waals surface area contributed by atoms with Crippen molar-refractivity contribution in [1.29, 1.82) is 0 Å². The lowest BCUT2D eigenvalue weighted by Crippen LogP contribution is -2.25. The van der Waals surface area contributed by atoms with Crippen LogP contribution in [0.5, 0.6) is 0 Å². The van der Waals surface area contributed by atoms with Gasteiger partial charge in [-0.2, -0.15) is 0 Å². The number of hydrogen-bond donors (Lipinski definition) is 1. The highest BCUT2D eigenvalue weighted by Gasteiger charge is 2.18. The molecule has 1 fully saturated rings. The minimum atomic E-state index is 0.294. The number of nitrogens with one attached hydrogen (secondary N) is 1. The third-order valence-corrected chi connectivity index (χ3v) is 5.78. The van der Waals surface area contributed by atoms with E-state index in [2.05, 4.69) is 45.1 Å². The zero-order valence-corrected chi connectivity index (χ0v) is 13.8. The van der Waals surface area contributed by atoms with Crippen LogP contribution in [-0.4, -0.2) is 6.54 Å². The molecule has 0 amide bonds. The van der Waals surface area contributed by atoms with E-state index in [-0.39, 0.29) is 0 Å². The third kappa shape index (κ3) is 4.61. The van der Waals surface area contributed by atoms with Crippen molar-refractivity contribution in [2.24, 2.45) is 11.8 Å². The standard InChI is InChI=1S/C17H29NS/c1-13-5-7-14(8-6-13)11-18-12-15-9-10-16(19-15)17(2,3)4/h9-10,13-14,18H,5-8,11-12H2,1-4H3. The summed E-state index contributed by atoms with van der Waals surface area (Å²) >= 11 is 1.96. The van der Waals surface area contributed by atoms with Gasteiger partial charge in [-0.3, -0.25) is 0 Å². The van der Waals surface area contributed by atoms with Gasteiger partial charge in [0.1, 0.15) is 0 Å². The van der Waals surface area contributed by atoms with Gasteiger partial charge >= 0.3 is 0 Å². The average molecular weight is 279 g/mol. The van der Waals surface area contributed by atoms with E-state index in [0.717, 1.165) is 18.4 Å². The van der Waals surface area contributed by atoms with Gasteiger partial charge in [-0.25, -0.2) is 0 Å². The second-order valence-electron chi connectivity index (χ2n) is 7.27. The second kappa shape index (κ2) is 6.41. The summed E-state index contributed by atoms with van der Waals surface area (Å²) in [5, 5.41) is 3.66. The van der Waals surface area contributed by atoms with Crippen LogP contribution in [0, 0.1) is 11.8 Å². The molecule has 19 heavy (non-hydrogen) atoms. The normalized spacial score (nSPS) is 24.6. The number of thiophene rings is 1. The van der Waals surface area contributed by atoms with Crippen LogP contribution in [0.3, 0.4) is 0 Å². The highest BCUT2D eigenvalue weighted by molar-refractivity contribution is 7.12. The summed E-state index contributed by atoms with van der Waals surface area (Å²) in [6.07, 6.45) is 5.71. The lowest BCUT2D eigenvalue weighted by Gasteiger charge is -2.26. The highest BCUT2D eigenvalue weighted by Crippen LogP contribution is 2.30. The summed E-state index contributed by atoms with van der Waals surface area (Å²) in [6, 6.07) is 4.59. The summed E-state index contributed by atoms with van der Waals surface area (Å²) < 4.78 is 0. The molecule has 1 aromatic heterocycles. The zero-order valence-electron chi connectivity index (χ0n) is 13.0. The molecule has 1 heterocycles. The molecule has 0 aromatic carbocycles. The molecule has 2 rings (SSSR count). The molecule has 0 saturated heterocycles. The minimum absolute atomic E-state index is 0.294.